The van der Waals surface area contributed by atoms with Gasteiger partial charge in [-0.1, -0.05) is 18.2 Å². The zero-order valence-corrected chi connectivity index (χ0v) is 12.4. The third-order valence-corrected chi connectivity index (χ3v) is 4.43. The molecule has 4 rings (SSSR count). The predicted molar refractivity (Wildman–Crippen MR) is 86.1 cm³/mol. The van der Waals surface area contributed by atoms with Crippen LogP contribution in [0.4, 0.5) is 5.82 Å². The molecule has 1 saturated heterocycles. The van der Waals surface area contributed by atoms with Gasteiger partial charge in [0.15, 0.2) is 5.65 Å². The van der Waals surface area contributed by atoms with Crippen molar-refractivity contribution in [3.63, 3.8) is 0 Å². The van der Waals surface area contributed by atoms with E-state index in [1.807, 2.05) is 41.2 Å². The van der Waals surface area contributed by atoms with Gasteiger partial charge in [-0.25, -0.2) is 14.6 Å². The molecule has 3 heterocycles. The van der Waals surface area contributed by atoms with Crippen LogP contribution in [0.5, 0.6) is 0 Å². The van der Waals surface area contributed by atoms with Crippen molar-refractivity contribution < 1.29 is 0 Å². The summed E-state index contributed by atoms with van der Waals surface area (Å²) >= 11 is 0. The summed E-state index contributed by atoms with van der Waals surface area (Å²) in [4.78, 5) is 11.2. The Morgan fingerprint density at radius 2 is 2.00 bits per heavy atom. The van der Waals surface area contributed by atoms with E-state index in [4.69, 9.17) is 5.73 Å². The zero-order chi connectivity index (χ0) is 15.1. The van der Waals surface area contributed by atoms with Gasteiger partial charge in [0.25, 0.3) is 0 Å². The van der Waals surface area contributed by atoms with Crippen LogP contribution in [-0.2, 0) is 0 Å². The average molecular weight is 294 g/mol. The number of fused-ring (bicyclic) bond motifs is 1. The second-order valence-corrected chi connectivity index (χ2v) is 5.71. The van der Waals surface area contributed by atoms with E-state index in [1.165, 1.54) is 0 Å². The predicted octanol–water partition coefficient (Wildman–Crippen LogP) is 1.74. The Labute approximate surface area is 128 Å². The fourth-order valence-electron chi connectivity index (χ4n) is 3.08. The van der Waals surface area contributed by atoms with Gasteiger partial charge in [0.05, 0.1) is 17.3 Å². The third-order valence-electron chi connectivity index (χ3n) is 4.43. The van der Waals surface area contributed by atoms with Crippen molar-refractivity contribution in [3.8, 4) is 5.69 Å². The molecule has 0 radical (unpaired) electrons. The van der Waals surface area contributed by atoms with Crippen molar-refractivity contribution in [1.29, 1.82) is 0 Å². The van der Waals surface area contributed by atoms with Gasteiger partial charge >= 0.3 is 0 Å². The molecule has 0 amide bonds. The number of anilines is 1. The molecule has 6 heteroatoms. The molecule has 1 aliphatic heterocycles. The Morgan fingerprint density at radius 3 is 2.73 bits per heavy atom. The van der Waals surface area contributed by atoms with Crippen LogP contribution in [-0.4, -0.2) is 38.4 Å². The summed E-state index contributed by atoms with van der Waals surface area (Å²) in [5, 5.41) is 5.46. The van der Waals surface area contributed by atoms with Gasteiger partial charge in [-0.15, -0.1) is 0 Å². The van der Waals surface area contributed by atoms with Crippen molar-refractivity contribution >= 4 is 16.9 Å². The highest BCUT2D eigenvalue weighted by Gasteiger charge is 2.30. The number of para-hydroxylation sites is 1. The van der Waals surface area contributed by atoms with Crippen molar-refractivity contribution in [3.05, 3.63) is 42.9 Å². The molecule has 2 unspecified atom stereocenters. The lowest BCUT2D eigenvalue weighted by molar-refractivity contribution is 0.622. The monoisotopic (exact) mass is 294 g/mol. The van der Waals surface area contributed by atoms with E-state index in [0.717, 1.165) is 35.5 Å². The van der Waals surface area contributed by atoms with Crippen LogP contribution in [0.3, 0.4) is 0 Å². The van der Waals surface area contributed by atoms with Crippen LogP contribution < -0.4 is 10.6 Å². The van der Waals surface area contributed by atoms with Gasteiger partial charge in [0, 0.05) is 18.6 Å². The smallest absolute Gasteiger partial charge is 0.168 e. The summed E-state index contributed by atoms with van der Waals surface area (Å²) in [7, 11) is 0. The first kappa shape index (κ1) is 13.2. The minimum absolute atomic E-state index is 0.189. The standard InChI is InChI=1S/C16H18N6/c1-11-14(17)7-8-21(11)15-13-9-20-22(16(13)19-10-18-15)12-5-3-2-4-6-12/h2-6,9-11,14H,7-8,17H2,1H3. The Morgan fingerprint density at radius 1 is 1.18 bits per heavy atom. The third kappa shape index (κ3) is 1.95. The Hall–Kier alpha value is -2.47. The van der Waals surface area contributed by atoms with E-state index in [9.17, 15) is 0 Å². The minimum Gasteiger partial charge on any atom is -0.352 e. The van der Waals surface area contributed by atoms with E-state index in [2.05, 4.69) is 26.9 Å². The Kier molecular flexibility index (Phi) is 3.04. The fourth-order valence-corrected chi connectivity index (χ4v) is 3.08. The second-order valence-electron chi connectivity index (χ2n) is 5.71. The highest BCUT2D eigenvalue weighted by molar-refractivity contribution is 5.88. The highest BCUT2D eigenvalue weighted by atomic mass is 15.3. The molecule has 112 valence electrons. The summed E-state index contributed by atoms with van der Waals surface area (Å²) in [5.41, 5.74) is 7.96. The lowest BCUT2D eigenvalue weighted by Crippen LogP contribution is -2.37. The van der Waals surface area contributed by atoms with Crippen molar-refractivity contribution in [2.45, 2.75) is 25.4 Å². The molecule has 1 aromatic carbocycles. The molecule has 3 aromatic rings. The molecular formula is C16H18N6. The molecule has 0 spiro atoms. The van der Waals surface area contributed by atoms with Gasteiger partial charge in [-0.2, -0.15) is 5.10 Å². The number of hydrogen-bond acceptors (Lipinski definition) is 5. The van der Waals surface area contributed by atoms with Gasteiger partial charge in [-0.05, 0) is 25.5 Å². The molecule has 6 nitrogen and oxygen atoms in total. The van der Waals surface area contributed by atoms with Crippen molar-refractivity contribution in [2.75, 3.05) is 11.4 Å². The normalized spacial score (nSPS) is 21.6. The van der Waals surface area contributed by atoms with E-state index in [0.29, 0.717) is 0 Å². The van der Waals surface area contributed by atoms with Crippen LogP contribution in [0.2, 0.25) is 0 Å². The quantitative estimate of drug-likeness (QED) is 0.779. The maximum Gasteiger partial charge on any atom is 0.168 e. The van der Waals surface area contributed by atoms with E-state index >= 15 is 0 Å². The number of benzene rings is 1. The zero-order valence-electron chi connectivity index (χ0n) is 12.4. The largest absolute Gasteiger partial charge is 0.352 e. The topological polar surface area (TPSA) is 72.9 Å². The Bertz CT molecular complexity index is 797. The summed E-state index contributed by atoms with van der Waals surface area (Å²) in [6.45, 7) is 3.07. The van der Waals surface area contributed by atoms with Crippen LogP contribution in [0.25, 0.3) is 16.7 Å². The molecule has 2 N–H and O–H groups in total. The minimum atomic E-state index is 0.189. The van der Waals surface area contributed by atoms with Gasteiger partial charge in [0.1, 0.15) is 12.1 Å². The lowest BCUT2D eigenvalue weighted by Gasteiger charge is -2.24. The maximum atomic E-state index is 6.14. The van der Waals surface area contributed by atoms with Crippen LogP contribution in [0, 0.1) is 0 Å². The van der Waals surface area contributed by atoms with Gasteiger partial charge in [-0.3, -0.25) is 0 Å². The number of nitrogens with zero attached hydrogens (tertiary/aromatic N) is 5. The first-order chi connectivity index (χ1) is 10.8. The van der Waals surface area contributed by atoms with Gasteiger partial charge in [0.2, 0.25) is 0 Å². The maximum absolute atomic E-state index is 6.14. The van der Waals surface area contributed by atoms with Crippen LogP contribution in [0.15, 0.2) is 42.9 Å². The molecular weight excluding hydrogens is 276 g/mol. The summed E-state index contributed by atoms with van der Waals surface area (Å²) < 4.78 is 1.85. The van der Waals surface area contributed by atoms with Crippen LogP contribution >= 0.6 is 0 Å². The first-order valence-electron chi connectivity index (χ1n) is 7.52. The summed E-state index contributed by atoms with van der Waals surface area (Å²) in [5.74, 6) is 0.924. The second kappa shape index (κ2) is 5.06. The fraction of sp³-hybridized carbons (Fsp3) is 0.312. The molecule has 0 saturated carbocycles. The number of aromatic nitrogens is 4. The molecule has 1 fully saturated rings. The molecule has 0 aliphatic carbocycles. The van der Waals surface area contributed by atoms with Crippen molar-refractivity contribution in [1.82, 2.24) is 19.7 Å². The highest BCUT2D eigenvalue weighted by Crippen LogP contribution is 2.29. The molecule has 0 bridgehead atoms. The Balaban J connectivity index is 1.84. The van der Waals surface area contributed by atoms with Crippen molar-refractivity contribution in [2.24, 2.45) is 5.73 Å². The van der Waals surface area contributed by atoms with Gasteiger partial charge < -0.3 is 10.6 Å². The summed E-state index contributed by atoms with van der Waals surface area (Å²) in [6.07, 6.45) is 4.43. The van der Waals surface area contributed by atoms with E-state index in [1.54, 1.807) is 6.33 Å². The molecule has 2 atom stereocenters. The molecule has 2 aromatic heterocycles. The molecule has 1 aliphatic rings. The SMILES string of the molecule is CC1C(N)CCN1c1ncnc2c1cnn2-c1ccccc1. The number of rotatable bonds is 2. The summed E-state index contributed by atoms with van der Waals surface area (Å²) in [6, 6.07) is 10.5. The van der Waals surface area contributed by atoms with E-state index in [-0.39, 0.29) is 12.1 Å². The first-order valence-corrected chi connectivity index (χ1v) is 7.52. The number of hydrogen-bond donors (Lipinski definition) is 1. The average Bonchev–Trinajstić information content (AvgIpc) is 3.13. The lowest BCUT2D eigenvalue weighted by atomic mass is 10.2. The van der Waals surface area contributed by atoms with E-state index < -0.39 is 0 Å². The van der Waals surface area contributed by atoms with Crippen LogP contribution in [0.1, 0.15) is 13.3 Å². The molecule has 22 heavy (non-hydrogen) atoms. The number of nitrogens with two attached hydrogens (primary N) is 1.